The Kier molecular flexibility index (Phi) is 5.34. The Morgan fingerprint density at radius 2 is 1.87 bits per heavy atom. The van der Waals surface area contributed by atoms with Gasteiger partial charge in [0.2, 0.25) is 0 Å². The highest BCUT2D eigenvalue weighted by atomic mass is 32.2. The summed E-state index contributed by atoms with van der Waals surface area (Å²) in [6.07, 6.45) is 5.98. The lowest BCUT2D eigenvalue weighted by molar-refractivity contribution is -0.128. The fourth-order valence-corrected chi connectivity index (χ4v) is 6.00. The molecule has 0 amide bonds. The first-order chi connectivity index (χ1) is 10.5. The van der Waals surface area contributed by atoms with Crippen LogP contribution >= 0.6 is 12.6 Å². The number of fused-ring (bicyclic) bond motifs is 2. The fraction of sp³-hybridized carbons (Fsp3) is 0.875. The van der Waals surface area contributed by atoms with Gasteiger partial charge in [-0.15, -0.1) is 0 Å². The zero-order valence-electron chi connectivity index (χ0n) is 13.7. The van der Waals surface area contributed by atoms with Gasteiger partial charge in [-0.05, 0) is 37.0 Å². The lowest BCUT2D eigenvalue weighted by Gasteiger charge is -2.35. The van der Waals surface area contributed by atoms with E-state index < -0.39 is 21.3 Å². The van der Waals surface area contributed by atoms with Gasteiger partial charge in [0.1, 0.15) is 11.6 Å². The van der Waals surface area contributed by atoms with Gasteiger partial charge in [0, 0.05) is 12.8 Å². The van der Waals surface area contributed by atoms with Crippen LogP contribution in [0.25, 0.3) is 0 Å². The van der Waals surface area contributed by atoms with Gasteiger partial charge in [0.05, 0.1) is 16.4 Å². The summed E-state index contributed by atoms with van der Waals surface area (Å²) in [7, 11) is -4.08. The molecule has 0 aromatic rings. The van der Waals surface area contributed by atoms with Gasteiger partial charge >= 0.3 is 0 Å². The first kappa shape index (κ1) is 18.9. The number of rotatable bonds is 2. The van der Waals surface area contributed by atoms with Crippen LogP contribution in [0.15, 0.2) is 0 Å². The molecule has 3 unspecified atom stereocenters. The minimum absolute atomic E-state index is 0.0152. The third-order valence-electron chi connectivity index (χ3n) is 6.09. The number of thiol groups is 1. The standard InChI is InChI=1S/C10H16O4S.C6H10OS/c1-9(2)7-3-4-10(9,8(11)5-7)6-15(12,13)14;7-5-3-1-2-4-6(5)8/h7H,3-6H2,1-2H3,(H,12,13,14);6,8H,1-4H2. The Morgan fingerprint density at radius 3 is 2.22 bits per heavy atom. The number of hydrogen-bond acceptors (Lipinski definition) is 5. The Bertz CT molecular complexity index is 596. The van der Waals surface area contributed by atoms with Crippen molar-refractivity contribution < 1.29 is 22.6 Å². The maximum absolute atomic E-state index is 11.9. The summed E-state index contributed by atoms with van der Waals surface area (Å²) >= 11 is 4.11. The van der Waals surface area contributed by atoms with Crippen molar-refractivity contribution in [2.75, 3.05) is 5.75 Å². The Balaban J connectivity index is 0.000000203. The zero-order valence-corrected chi connectivity index (χ0v) is 15.5. The molecule has 2 bridgehead atoms. The van der Waals surface area contributed by atoms with E-state index in [0.717, 1.165) is 25.7 Å². The van der Waals surface area contributed by atoms with Crippen molar-refractivity contribution in [2.45, 2.75) is 64.0 Å². The minimum Gasteiger partial charge on any atom is -0.299 e. The molecular formula is C16H26O5S2. The monoisotopic (exact) mass is 362 g/mol. The van der Waals surface area contributed by atoms with Gasteiger partial charge in [0.15, 0.2) is 0 Å². The van der Waals surface area contributed by atoms with Gasteiger partial charge in [-0.2, -0.15) is 21.0 Å². The molecule has 7 heteroatoms. The third-order valence-corrected chi connectivity index (χ3v) is 7.49. The van der Waals surface area contributed by atoms with Crippen molar-refractivity contribution in [2.24, 2.45) is 16.7 Å². The van der Waals surface area contributed by atoms with Gasteiger partial charge in [-0.1, -0.05) is 20.3 Å². The third kappa shape index (κ3) is 3.66. The molecule has 3 atom stereocenters. The van der Waals surface area contributed by atoms with E-state index in [4.69, 9.17) is 4.55 Å². The van der Waals surface area contributed by atoms with Crippen LogP contribution in [0.5, 0.6) is 0 Å². The summed E-state index contributed by atoms with van der Waals surface area (Å²) in [5, 5.41) is 0.0590. The van der Waals surface area contributed by atoms with Gasteiger partial charge in [-0.25, -0.2) is 0 Å². The van der Waals surface area contributed by atoms with Crippen LogP contribution in [0.2, 0.25) is 0 Å². The van der Waals surface area contributed by atoms with Crippen LogP contribution in [-0.2, 0) is 19.7 Å². The van der Waals surface area contributed by atoms with Crippen LogP contribution in [0.1, 0.15) is 58.8 Å². The molecule has 1 N–H and O–H groups in total. The van der Waals surface area contributed by atoms with E-state index in [1.165, 1.54) is 6.42 Å². The Morgan fingerprint density at radius 1 is 1.22 bits per heavy atom. The van der Waals surface area contributed by atoms with E-state index in [1.54, 1.807) is 0 Å². The Hall–Kier alpha value is -0.400. The van der Waals surface area contributed by atoms with Crippen molar-refractivity contribution in [3.05, 3.63) is 0 Å². The molecule has 0 aromatic heterocycles. The van der Waals surface area contributed by atoms with Crippen molar-refractivity contribution in [3.63, 3.8) is 0 Å². The number of Topliss-reactive ketones (excluding diaryl/α,β-unsaturated/α-hetero) is 2. The van der Waals surface area contributed by atoms with E-state index >= 15 is 0 Å². The van der Waals surface area contributed by atoms with Gasteiger partial charge in [-0.3, -0.25) is 14.1 Å². The highest BCUT2D eigenvalue weighted by Crippen LogP contribution is 2.64. The Labute approximate surface area is 143 Å². The zero-order chi connectivity index (χ0) is 17.5. The SMILES string of the molecule is CC1(C)C2CCC1(CS(=O)(=O)O)C(=O)C2.O=C1CCCCC1S. The molecule has 3 saturated carbocycles. The molecule has 3 fully saturated rings. The van der Waals surface area contributed by atoms with Gasteiger partial charge < -0.3 is 0 Å². The number of carbonyl (C=O) groups excluding carboxylic acids is 2. The second-order valence-electron chi connectivity index (χ2n) is 7.62. The predicted molar refractivity (Wildman–Crippen MR) is 91.2 cm³/mol. The molecule has 0 saturated heterocycles. The molecule has 0 spiro atoms. The molecule has 23 heavy (non-hydrogen) atoms. The summed E-state index contributed by atoms with van der Waals surface area (Å²) in [4.78, 5) is 22.6. The molecule has 0 aromatic carbocycles. The number of hydrogen-bond donors (Lipinski definition) is 2. The smallest absolute Gasteiger partial charge is 0.265 e. The molecule has 3 rings (SSSR count). The molecule has 0 heterocycles. The first-order valence-electron chi connectivity index (χ1n) is 8.19. The number of ketones is 2. The molecule has 0 radical (unpaired) electrons. The summed E-state index contributed by atoms with van der Waals surface area (Å²) in [5.74, 6) is 0.232. The largest absolute Gasteiger partial charge is 0.299 e. The topological polar surface area (TPSA) is 88.5 Å². The summed E-state index contributed by atoms with van der Waals surface area (Å²) in [6.45, 7) is 3.89. The van der Waals surface area contributed by atoms with Crippen LogP contribution in [0.4, 0.5) is 0 Å². The van der Waals surface area contributed by atoms with Crippen molar-refractivity contribution in [1.82, 2.24) is 0 Å². The van der Waals surface area contributed by atoms with Crippen LogP contribution in [0, 0.1) is 16.7 Å². The molecule has 5 nitrogen and oxygen atoms in total. The van der Waals surface area contributed by atoms with Crippen LogP contribution < -0.4 is 0 Å². The normalized spacial score (nSPS) is 35.8. The summed E-state index contributed by atoms with van der Waals surface area (Å²) < 4.78 is 31.0. The fourth-order valence-electron chi connectivity index (χ4n) is 4.38. The summed E-state index contributed by atoms with van der Waals surface area (Å²) in [6, 6.07) is 0. The molecule has 132 valence electrons. The maximum Gasteiger partial charge on any atom is 0.265 e. The summed E-state index contributed by atoms with van der Waals surface area (Å²) in [5.41, 5.74) is -1.12. The second-order valence-corrected chi connectivity index (χ2v) is 9.70. The highest BCUT2D eigenvalue weighted by molar-refractivity contribution is 7.85. The first-order valence-corrected chi connectivity index (χ1v) is 10.3. The van der Waals surface area contributed by atoms with E-state index in [1.807, 2.05) is 13.8 Å². The molecule has 3 aliphatic carbocycles. The van der Waals surface area contributed by atoms with Crippen LogP contribution in [0.3, 0.4) is 0 Å². The van der Waals surface area contributed by atoms with E-state index in [2.05, 4.69) is 12.6 Å². The maximum atomic E-state index is 11.9. The van der Waals surface area contributed by atoms with Crippen molar-refractivity contribution in [1.29, 1.82) is 0 Å². The molecule has 0 aliphatic heterocycles. The van der Waals surface area contributed by atoms with E-state index in [0.29, 0.717) is 18.6 Å². The average Bonchev–Trinajstić information content (AvgIpc) is 2.75. The van der Waals surface area contributed by atoms with Crippen molar-refractivity contribution in [3.8, 4) is 0 Å². The van der Waals surface area contributed by atoms with Gasteiger partial charge in [0.25, 0.3) is 10.1 Å². The highest BCUT2D eigenvalue weighted by Gasteiger charge is 2.65. The van der Waals surface area contributed by atoms with E-state index in [-0.39, 0.29) is 22.4 Å². The number of carbonyl (C=O) groups is 2. The quantitative estimate of drug-likeness (QED) is 0.582. The molecular weight excluding hydrogens is 336 g/mol. The second kappa shape index (κ2) is 6.48. The lowest BCUT2D eigenvalue weighted by atomic mass is 9.70. The average molecular weight is 363 g/mol. The van der Waals surface area contributed by atoms with Crippen molar-refractivity contribution >= 4 is 34.3 Å². The lowest BCUT2D eigenvalue weighted by Crippen LogP contribution is -2.42. The predicted octanol–water partition coefficient (Wildman–Crippen LogP) is 2.70. The molecule has 3 aliphatic rings. The minimum atomic E-state index is -4.08. The van der Waals surface area contributed by atoms with E-state index in [9.17, 15) is 18.0 Å². The van der Waals surface area contributed by atoms with Crippen LogP contribution in [-0.4, -0.2) is 35.5 Å².